The fourth-order valence-corrected chi connectivity index (χ4v) is 3.03. The van der Waals surface area contributed by atoms with Crippen molar-refractivity contribution in [2.24, 2.45) is 0 Å². The van der Waals surface area contributed by atoms with Gasteiger partial charge in [-0.1, -0.05) is 17.7 Å². The van der Waals surface area contributed by atoms with Gasteiger partial charge in [-0.05, 0) is 38.1 Å². The van der Waals surface area contributed by atoms with E-state index >= 15 is 0 Å². The Morgan fingerprint density at radius 3 is 2.72 bits per heavy atom. The number of fused-ring (bicyclic) bond motifs is 1. The zero-order valence-electron chi connectivity index (χ0n) is 17.3. The molecule has 4 rings (SSSR count). The van der Waals surface area contributed by atoms with Crippen LogP contribution in [0.5, 0.6) is 5.88 Å². The molecule has 0 fully saturated rings. The van der Waals surface area contributed by atoms with Crippen LogP contribution in [0.3, 0.4) is 0 Å². The van der Waals surface area contributed by atoms with Gasteiger partial charge in [0.1, 0.15) is 17.5 Å². The minimum absolute atomic E-state index is 0.0159. The number of aromatic nitrogens is 6. The normalized spacial score (nSPS) is 12.1. The molecule has 0 aromatic carbocycles. The monoisotopic (exact) mass is 453 g/mol. The Morgan fingerprint density at radius 2 is 1.97 bits per heavy atom. The van der Waals surface area contributed by atoms with Crippen molar-refractivity contribution in [3.63, 3.8) is 0 Å². The van der Waals surface area contributed by atoms with E-state index in [-0.39, 0.29) is 18.6 Å². The maximum absolute atomic E-state index is 12.9. The van der Waals surface area contributed by atoms with Gasteiger partial charge in [0, 0.05) is 12.4 Å². The molecule has 1 N–H and O–H groups in total. The van der Waals surface area contributed by atoms with Crippen LogP contribution in [-0.2, 0) is 9.53 Å². The first-order valence-electron chi connectivity index (χ1n) is 9.82. The second-order valence-electron chi connectivity index (χ2n) is 6.97. The van der Waals surface area contributed by atoms with Crippen molar-refractivity contribution < 1.29 is 14.3 Å². The number of pyridine rings is 2. The quantitative estimate of drug-likeness (QED) is 0.432. The first kappa shape index (κ1) is 21.6. The Balaban J connectivity index is 1.63. The molecule has 0 aliphatic rings. The molecule has 10 nitrogen and oxygen atoms in total. The highest BCUT2D eigenvalue weighted by Crippen LogP contribution is 2.26. The molecule has 11 heteroatoms. The molecular formula is C21H20ClN7O3. The smallest absolute Gasteiger partial charge is 0.269 e. The van der Waals surface area contributed by atoms with Crippen molar-refractivity contribution in [3.05, 3.63) is 60.3 Å². The number of carbonyl (C=O) groups excluding carboxylic acids is 1. The highest BCUT2D eigenvalue weighted by molar-refractivity contribution is 6.32. The summed E-state index contributed by atoms with van der Waals surface area (Å²) in [5.41, 5.74) is 0.435. The van der Waals surface area contributed by atoms with E-state index in [9.17, 15) is 4.79 Å². The molecule has 4 aromatic heterocycles. The van der Waals surface area contributed by atoms with Crippen LogP contribution in [-0.4, -0.2) is 54.4 Å². The van der Waals surface area contributed by atoms with Crippen molar-refractivity contribution >= 4 is 34.4 Å². The van der Waals surface area contributed by atoms with Crippen LogP contribution < -0.4 is 10.1 Å². The zero-order valence-corrected chi connectivity index (χ0v) is 18.1. The summed E-state index contributed by atoms with van der Waals surface area (Å²) >= 11 is 6.26. The predicted molar refractivity (Wildman–Crippen MR) is 118 cm³/mol. The van der Waals surface area contributed by atoms with Crippen LogP contribution in [0.2, 0.25) is 5.02 Å². The summed E-state index contributed by atoms with van der Waals surface area (Å²) in [5.74, 6) is 0.584. The van der Waals surface area contributed by atoms with Crippen LogP contribution >= 0.6 is 11.6 Å². The molecule has 0 bridgehead atoms. The van der Waals surface area contributed by atoms with Crippen LogP contribution in [0.4, 0.5) is 5.82 Å². The van der Waals surface area contributed by atoms with Crippen molar-refractivity contribution in [1.82, 2.24) is 29.7 Å². The Kier molecular flexibility index (Phi) is 6.52. The van der Waals surface area contributed by atoms with Gasteiger partial charge in [0.25, 0.3) is 5.91 Å². The molecule has 4 aromatic rings. The van der Waals surface area contributed by atoms with Gasteiger partial charge < -0.3 is 14.8 Å². The zero-order chi connectivity index (χ0) is 22.5. The minimum Gasteiger partial charge on any atom is -0.461 e. The summed E-state index contributed by atoms with van der Waals surface area (Å²) in [4.78, 5) is 29.7. The molecule has 1 atom stereocenters. The van der Waals surface area contributed by atoms with E-state index in [1.54, 1.807) is 42.7 Å². The molecule has 0 aliphatic carbocycles. The average molecular weight is 454 g/mol. The topological polar surface area (TPSA) is 117 Å². The number of anilines is 1. The molecule has 1 amide bonds. The summed E-state index contributed by atoms with van der Waals surface area (Å²) in [6.07, 6.45) is 4.97. The molecule has 1 unspecified atom stereocenters. The van der Waals surface area contributed by atoms with Gasteiger partial charge in [-0.25, -0.2) is 19.9 Å². The van der Waals surface area contributed by atoms with Gasteiger partial charge in [-0.3, -0.25) is 4.79 Å². The standard InChI is InChI=1S/C21H20ClN7O3/c1-13(2)31-11-16(20(30)28-17-7-3-4-8-23-17)32-21-14-10-27-29(18(14)25-12-26-21)19-15(22)6-5-9-24-19/h3-10,12-13,16H,11H2,1-2H3,(H,23,28,30). The van der Waals surface area contributed by atoms with Gasteiger partial charge in [-0.2, -0.15) is 9.78 Å². The average Bonchev–Trinajstić information content (AvgIpc) is 3.22. The van der Waals surface area contributed by atoms with Gasteiger partial charge in [0.2, 0.25) is 12.0 Å². The first-order chi connectivity index (χ1) is 15.5. The molecule has 0 saturated heterocycles. The van der Waals surface area contributed by atoms with E-state index in [0.29, 0.717) is 27.7 Å². The number of nitrogens with one attached hydrogen (secondary N) is 1. The summed E-state index contributed by atoms with van der Waals surface area (Å²) in [7, 11) is 0. The molecule has 0 saturated carbocycles. The van der Waals surface area contributed by atoms with Crippen molar-refractivity contribution in [1.29, 1.82) is 0 Å². The Bertz CT molecular complexity index is 1220. The summed E-state index contributed by atoms with van der Waals surface area (Å²) in [6.45, 7) is 3.76. The van der Waals surface area contributed by atoms with Crippen LogP contribution in [0.25, 0.3) is 16.9 Å². The summed E-state index contributed by atoms with van der Waals surface area (Å²) < 4.78 is 13.1. The van der Waals surface area contributed by atoms with Crippen LogP contribution in [0.1, 0.15) is 13.8 Å². The second kappa shape index (κ2) is 9.67. The Hall–Kier alpha value is -3.63. The van der Waals surface area contributed by atoms with Gasteiger partial charge in [0.15, 0.2) is 11.5 Å². The maximum Gasteiger partial charge on any atom is 0.269 e. The van der Waals surface area contributed by atoms with Gasteiger partial charge in [-0.15, -0.1) is 0 Å². The van der Waals surface area contributed by atoms with E-state index in [2.05, 4.69) is 30.4 Å². The van der Waals surface area contributed by atoms with Crippen molar-refractivity contribution in [3.8, 4) is 11.7 Å². The number of halogens is 1. The number of hydrogen-bond acceptors (Lipinski definition) is 8. The fourth-order valence-electron chi connectivity index (χ4n) is 2.83. The molecule has 164 valence electrons. The minimum atomic E-state index is -0.987. The summed E-state index contributed by atoms with van der Waals surface area (Å²) in [6, 6.07) is 8.64. The van der Waals surface area contributed by atoms with E-state index in [4.69, 9.17) is 21.1 Å². The second-order valence-corrected chi connectivity index (χ2v) is 7.38. The summed E-state index contributed by atoms with van der Waals surface area (Å²) in [5, 5.41) is 7.96. The molecule has 0 aliphatic heterocycles. The number of hydrogen-bond donors (Lipinski definition) is 1. The molecule has 0 spiro atoms. The third-order valence-electron chi connectivity index (χ3n) is 4.31. The SMILES string of the molecule is CC(C)OCC(Oc1ncnc2c1cnn2-c1ncccc1Cl)C(=O)Nc1ccccn1. The molecule has 4 heterocycles. The Morgan fingerprint density at radius 1 is 1.12 bits per heavy atom. The largest absolute Gasteiger partial charge is 0.461 e. The van der Waals surface area contributed by atoms with Crippen LogP contribution in [0, 0.1) is 0 Å². The Labute approximate surface area is 188 Å². The third kappa shape index (κ3) is 4.82. The van der Waals surface area contributed by atoms with Crippen molar-refractivity contribution in [2.75, 3.05) is 11.9 Å². The fraction of sp³-hybridized carbons (Fsp3) is 0.238. The van der Waals surface area contributed by atoms with E-state index in [0.717, 1.165) is 0 Å². The van der Waals surface area contributed by atoms with E-state index in [1.807, 2.05) is 13.8 Å². The maximum atomic E-state index is 12.9. The van der Waals surface area contributed by atoms with Crippen molar-refractivity contribution in [2.45, 2.75) is 26.1 Å². The lowest BCUT2D eigenvalue weighted by Gasteiger charge is -2.19. The lowest BCUT2D eigenvalue weighted by Crippen LogP contribution is -2.38. The molecular weight excluding hydrogens is 434 g/mol. The lowest BCUT2D eigenvalue weighted by molar-refractivity contribution is -0.126. The molecule has 32 heavy (non-hydrogen) atoms. The predicted octanol–water partition coefficient (Wildman–Crippen LogP) is 3.07. The third-order valence-corrected chi connectivity index (χ3v) is 4.61. The molecule has 0 radical (unpaired) electrons. The van der Waals surface area contributed by atoms with Gasteiger partial charge in [0.05, 0.1) is 23.9 Å². The number of ether oxygens (including phenoxy) is 2. The van der Waals surface area contributed by atoms with E-state index < -0.39 is 12.0 Å². The number of amides is 1. The van der Waals surface area contributed by atoms with Crippen LogP contribution in [0.15, 0.2) is 55.2 Å². The van der Waals surface area contributed by atoms with Gasteiger partial charge >= 0.3 is 0 Å². The van der Waals surface area contributed by atoms with E-state index in [1.165, 1.54) is 17.2 Å². The number of carbonyl (C=O) groups is 1. The first-order valence-corrected chi connectivity index (χ1v) is 10.2. The lowest BCUT2D eigenvalue weighted by atomic mass is 10.3. The number of rotatable bonds is 8. The highest BCUT2D eigenvalue weighted by Gasteiger charge is 2.25. The highest BCUT2D eigenvalue weighted by atomic mass is 35.5. The number of nitrogens with zero attached hydrogens (tertiary/aromatic N) is 6.